The zero-order valence-corrected chi connectivity index (χ0v) is 14.0. The van der Waals surface area contributed by atoms with E-state index in [1.807, 2.05) is 6.92 Å². The van der Waals surface area contributed by atoms with Crippen LogP contribution < -0.4 is 15.5 Å². The number of anilines is 1. The van der Waals surface area contributed by atoms with Crippen LogP contribution in [-0.2, 0) is 11.0 Å². The quantitative estimate of drug-likeness (QED) is 0.581. The minimum absolute atomic E-state index is 0.198. The molecule has 0 aliphatic carbocycles. The largest absolute Gasteiger partial charge is 0.494 e. The van der Waals surface area contributed by atoms with Gasteiger partial charge in [0.05, 0.1) is 24.9 Å². The van der Waals surface area contributed by atoms with Crippen molar-refractivity contribution in [3.05, 3.63) is 59.7 Å². The van der Waals surface area contributed by atoms with Crippen molar-refractivity contribution in [2.45, 2.75) is 13.1 Å². The Kier molecular flexibility index (Phi) is 6.60. The molecule has 0 atom stereocenters. The Balaban J connectivity index is 1.85. The summed E-state index contributed by atoms with van der Waals surface area (Å²) in [7, 11) is 0. The van der Waals surface area contributed by atoms with Crippen LogP contribution in [0.1, 0.15) is 18.1 Å². The highest BCUT2D eigenvalue weighted by molar-refractivity contribution is 5.84. The SMILES string of the molecule is CCOc1cccc(/C=N\NC(=O)CNc2cccc(C(F)(F)F)c2)c1. The lowest BCUT2D eigenvalue weighted by Gasteiger charge is -2.10. The molecule has 0 aliphatic rings. The maximum atomic E-state index is 12.6. The maximum Gasteiger partial charge on any atom is 0.416 e. The molecule has 8 heteroatoms. The van der Waals surface area contributed by atoms with Crippen LogP contribution in [0.4, 0.5) is 18.9 Å². The van der Waals surface area contributed by atoms with Crippen LogP contribution in [-0.4, -0.2) is 25.3 Å². The number of ether oxygens (including phenoxy) is 1. The maximum absolute atomic E-state index is 12.6. The van der Waals surface area contributed by atoms with Gasteiger partial charge in [0.2, 0.25) is 0 Å². The fraction of sp³-hybridized carbons (Fsp3) is 0.222. The molecule has 2 rings (SSSR count). The monoisotopic (exact) mass is 365 g/mol. The molecule has 1 amide bonds. The Bertz CT molecular complexity index is 776. The van der Waals surface area contributed by atoms with Gasteiger partial charge in [-0.05, 0) is 42.8 Å². The lowest BCUT2D eigenvalue weighted by Crippen LogP contribution is -2.26. The van der Waals surface area contributed by atoms with Gasteiger partial charge in [-0.15, -0.1) is 0 Å². The summed E-state index contributed by atoms with van der Waals surface area (Å²) >= 11 is 0. The van der Waals surface area contributed by atoms with Gasteiger partial charge >= 0.3 is 6.18 Å². The molecule has 0 radical (unpaired) electrons. The molecule has 0 aliphatic heterocycles. The first-order valence-electron chi connectivity index (χ1n) is 7.84. The molecule has 0 saturated carbocycles. The summed E-state index contributed by atoms with van der Waals surface area (Å²) in [6, 6.07) is 11.8. The van der Waals surface area contributed by atoms with Gasteiger partial charge in [0.1, 0.15) is 5.75 Å². The van der Waals surface area contributed by atoms with Crippen LogP contribution in [0.2, 0.25) is 0 Å². The van der Waals surface area contributed by atoms with Crippen LogP contribution in [0, 0.1) is 0 Å². The van der Waals surface area contributed by atoms with E-state index in [9.17, 15) is 18.0 Å². The van der Waals surface area contributed by atoms with Gasteiger partial charge < -0.3 is 10.1 Å². The van der Waals surface area contributed by atoms with E-state index in [0.717, 1.165) is 17.7 Å². The number of rotatable bonds is 7. The van der Waals surface area contributed by atoms with E-state index in [0.29, 0.717) is 12.4 Å². The van der Waals surface area contributed by atoms with E-state index in [-0.39, 0.29) is 12.2 Å². The van der Waals surface area contributed by atoms with Crippen LogP contribution in [0.25, 0.3) is 0 Å². The Morgan fingerprint density at radius 2 is 1.96 bits per heavy atom. The molecule has 5 nitrogen and oxygen atoms in total. The average Bonchev–Trinajstić information content (AvgIpc) is 2.60. The summed E-state index contributed by atoms with van der Waals surface area (Å²) in [5, 5.41) is 6.44. The first-order valence-corrected chi connectivity index (χ1v) is 7.84. The zero-order chi connectivity index (χ0) is 19.0. The van der Waals surface area contributed by atoms with Gasteiger partial charge in [-0.2, -0.15) is 18.3 Å². The van der Waals surface area contributed by atoms with Gasteiger partial charge in [0.15, 0.2) is 0 Å². The van der Waals surface area contributed by atoms with E-state index in [4.69, 9.17) is 4.74 Å². The number of halogens is 3. The number of benzene rings is 2. The third-order valence-corrected chi connectivity index (χ3v) is 3.21. The third kappa shape index (κ3) is 6.12. The van der Waals surface area contributed by atoms with Gasteiger partial charge in [0.25, 0.3) is 5.91 Å². The average molecular weight is 365 g/mol. The van der Waals surface area contributed by atoms with E-state index in [1.54, 1.807) is 24.3 Å². The van der Waals surface area contributed by atoms with E-state index >= 15 is 0 Å². The summed E-state index contributed by atoms with van der Waals surface area (Å²) in [5.74, 6) is 0.202. The number of carbonyl (C=O) groups is 1. The van der Waals surface area contributed by atoms with Crippen molar-refractivity contribution in [1.29, 1.82) is 0 Å². The molecule has 0 heterocycles. The van der Waals surface area contributed by atoms with E-state index in [1.165, 1.54) is 18.3 Å². The highest BCUT2D eigenvalue weighted by Gasteiger charge is 2.30. The number of hydrogen-bond donors (Lipinski definition) is 2. The van der Waals surface area contributed by atoms with Crippen molar-refractivity contribution in [3.8, 4) is 5.75 Å². The van der Waals surface area contributed by atoms with Crippen molar-refractivity contribution in [3.63, 3.8) is 0 Å². The lowest BCUT2D eigenvalue weighted by atomic mass is 10.2. The predicted molar refractivity (Wildman–Crippen MR) is 93.3 cm³/mol. The van der Waals surface area contributed by atoms with E-state index in [2.05, 4.69) is 15.8 Å². The van der Waals surface area contributed by atoms with Crippen molar-refractivity contribution in [2.75, 3.05) is 18.5 Å². The topological polar surface area (TPSA) is 62.7 Å². The van der Waals surface area contributed by atoms with Crippen molar-refractivity contribution in [2.24, 2.45) is 5.10 Å². The first-order chi connectivity index (χ1) is 12.4. The second-order valence-corrected chi connectivity index (χ2v) is 5.23. The standard InChI is InChI=1S/C18H18F3N3O2/c1-2-26-16-8-3-5-13(9-16)11-23-24-17(25)12-22-15-7-4-6-14(10-15)18(19,20)21/h3-11,22H,2,12H2,1H3,(H,24,25)/b23-11-. The molecule has 2 aromatic rings. The molecule has 138 valence electrons. The van der Waals surface area contributed by atoms with E-state index < -0.39 is 17.6 Å². The molecule has 0 saturated heterocycles. The molecule has 0 unspecified atom stereocenters. The van der Waals surface area contributed by atoms with Gasteiger partial charge in [-0.3, -0.25) is 4.79 Å². The summed E-state index contributed by atoms with van der Waals surface area (Å²) in [6.07, 6.45) is -2.98. The van der Waals surface area contributed by atoms with Crippen LogP contribution >= 0.6 is 0 Å². The number of alkyl halides is 3. The number of amides is 1. The molecule has 26 heavy (non-hydrogen) atoms. The fourth-order valence-electron chi connectivity index (χ4n) is 2.06. The number of nitrogens with one attached hydrogen (secondary N) is 2. The van der Waals surface area contributed by atoms with Crippen molar-refractivity contribution < 1.29 is 22.7 Å². The number of carbonyl (C=O) groups excluding carboxylic acids is 1. The van der Waals surface area contributed by atoms with Crippen molar-refractivity contribution in [1.82, 2.24) is 5.43 Å². The Labute approximate surface area is 148 Å². The van der Waals surface area contributed by atoms with Crippen LogP contribution in [0.5, 0.6) is 5.75 Å². The third-order valence-electron chi connectivity index (χ3n) is 3.21. The summed E-state index contributed by atoms with van der Waals surface area (Å²) in [5.41, 5.74) is 2.46. The molecule has 2 aromatic carbocycles. The smallest absolute Gasteiger partial charge is 0.416 e. The Morgan fingerprint density at radius 3 is 2.69 bits per heavy atom. The number of hydrazone groups is 1. The number of hydrogen-bond acceptors (Lipinski definition) is 4. The highest BCUT2D eigenvalue weighted by Crippen LogP contribution is 2.30. The summed E-state index contributed by atoms with van der Waals surface area (Å²) in [4.78, 5) is 11.7. The van der Waals surface area contributed by atoms with Crippen molar-refractivity contribution >= 4 is 17.8 Å². The molecular formula is C18H18F3N3O2. The minimum Gasteiger partial charge on any atom is -0.494 e. The Morgan fingerprint density at radius 1 is 1.19 bits per heavy atom. The number of nitrogens with zero attached hydrogens (tertiary/aromatic N) is 1. The normalized spacial score (nSPS) is 11.4. The lowest BCUT2D eigenvalue weighted by molar-refractivity contribution is -0.137. The van der Waals surface area contributed by atoms with Gasteiger partial charge in [0, 0.05) is 5.69 Å². The van der Waals surface area contributed by atoms with Gasteiger partial charge in [-0.1, -0.05) is 18.2 Å². The predicted octanol–water partition coefficient (Wildman–Crippen LogP) is 3.67. The second-order valence-electron chi connectivity index (χ2n) is 5.23. The molecule has 0 aromatic heterocycles. The molecule has 0 spiro atoms. The van der Waals surface area contributed by atoms with Crippen LogP contribution in [0.3, 0.4) is 0 Å². The summed E-state index contributed by atoms with van der Waals surface area (Å²) in [6.45, 7) is 2.20. The second kappa shape index (κ2) is 8.89. The minimum atomic E-state index is -4.43. The first kappa shape index (κ1) is 19.3. The Hall–Kier alpha value is -3.03. The fourth-order valence-corrected chi connectivity index (χ4v) is 2.06. The molecule has 0 fully saturated rings. The van der Waals surface area contributed by atoms with Crippen LogP contribution in [0.15, 0.2) is 53.6 Å². The molecule has 2 N–H and O–H groups in total. The van der Waals surface area contributed by atoms with Gasteiger partial charge in [-0.25, -0.2) is 5.43 Å². The molecular weight excluding hydrogens is 347 g/mol. The molecule has 0 bridgehead atoms. The zero-order valence-electron chi connectivity index (χ0n) is 14.0. The summed E-state index contributed by atoms with van der Waals surface area (Å²) < 4.78 is 43.3. The highest BCUT2D eigenvalue weighted by atomic mass is 19.4.